The Kier molecular flexibility index (Phi) is 5.76. The fourth-order valence-electron chi connectivity index (χ4n) is 3.35. The maximum atomic E-state index is 12.6. The number of sulfonamides is 1. The van der Waals surface area contributed by atoms with E-state index in [1.165, 1.54) is 54.3 Å². The third kappa shape index (κ3) is 4.62. The van der Waals surface area contributed by atoms with E-state index < -0.39 is 14.9 Å². The van der Waals surface area contributed by atoms with Crippen LogP contribution in [0.2, 0.25) is 0 Å². The zero-order valence-electron chi connectivity index (χ0n) is 17.7. The lowest BCUT2D eigenvalue weighted by molar-refractivity contribution is -0.384. The van der Waals surface area contributed by atoms with Crippen molar-refractivity contribution in [3.8, 4) is 11.1 Å². The summed E-state index contributed by atoms with van der Waals surface area (Å²) in [7, 11) is -3.86. The van der Waals surface area contributed by atoms with E-state index in [9.17, 15) is 18.5 Å². The third-order valence-corrected chi connectivity index (χ3v) is 7.19. The van der Waals surface area contributed by atoms with Gasteiger partial charge in [0.05, 0.1) is 15.2 Å². The molecule has 5 aromatic rings. The summed E-state index contributed by atoms with van der Waals surface area (Å²) >= 11 is 1.39. The number of aromatic nitrogens is 4. The molecule has 0 spiro atoms. The molecule has 3 aromatic heterocycles. The van der Waals surface area contributed by atoms with Gasteiger partial charge in [-0.1, -0.05) is 12.1 Å². The molecule has 0 amide bonds. The lowest BCUT2D eigenvalue weighted by atomic mass is 10.1. The predicted octanol–water partition coefficient (Wildman–Crippen LogP) is 4.60. The molecule has 35 heavy (non-hydrogen) atoms. The molecule has 0 aliphatic carbocycles. The number of anilines is 3. The van der Waals surface area contributed by atoms with Gasteiger partial charge in [0.1, 0.15) is 17.0 Å². The van der Waals surface area contributed by atoms with Crippen molar-refractivity contribution in [2.24, 2.45) is 0 Å². The Balaban J connectivity index is 1.45. The average molecular weight is 506 g/mol. The van der Waals surface area contributed by atoms with Gasteiger partial charge in [-0.05, 0) is 35.9 Å². The smallest absolute Gasteiger partial charge is 0.270 e. The van der Waals surface area contributed by atoms with Gasteiger partial charge in [0, 0.05) is 41.2 Å². The van der Waals surface area contributed by atoms with E-state index in [0.29, 0.717) is 27.3 Å². The summed E-state index contributed by atoms with van der Waals surface area (Å²) in [5, 5.41) is 17.0. The predicted molar refractivity (Wildman–Crippen MR) is 132 cm³/mol. The summed E-state index contributed by atoms with van der Waals surface area (Å²) in [6, 6.07) is 14.0. The first-order valence-corrected chi connectivity index (χ1v) is 12.4. The Hall–Kier alpha value is -4.49. The van der Waals surface area contributed by atoms with Gasteiger partial charge < -0.3 is 5.32 Å². The number of fused-ring (bicyclic) bond motifs is 1. The molecule has 0 atom stereocenters. The largest absolute Gasteiger partial charge is 0.340 e. The van der Waals surface area contributed by atoms with E-state index in [-0.39, 0.29) is 16.5 Å². The van der Waals surface area contributed by atoms with Crippen LogP contribution in [0.1, 0.15) is 0 Å². The fraction of sp³-hybridized carbons (Fsp3) is 0. The van der Waals surface area contributed by atoms with Crippen molar-refractivity contribution in [1.29, 1.82) is 0 Å². The summed E-state index contributed by atoms with van der Waals surface area (Å²) in [4.78, 5) is 27.9. The second kappa shape index (κ2) is 9.04. The average Bonchev–Trinajstić information content (AvgIpc) is 3.30. The fourth-order valence-corrected chi connectivity index (χ4v) is 5.23. The van der Waals surface area contributed by atoms with Crippen LogP contribution in [0, 0.1) is 10.1 Å². The molecule has 0 bridgehead atoms. The topological polar surface area (TPSA) is 153 Å². The molecular formula is C22H15N7O4S2. The number of nitrogens with zero attached hydrogens (tertiary/aromatic N) is 5. The minimum atomic E-state index is -3.86. The van der Waals surface area contributed by atoms with Crippen LogP contribution in [0.4, 0.5) is 23.1 Å². The highest BCUT2D eigenvalue weighted by Crippen LogP contribution is 2.38. The zero-order valence-corrected chi connectivity index (χ0v) is 19.3. The van der Waals surface area contributed by atoms with Crippen molar-refractivity contribution < 1.29 is 13.3 Å². The van der Waals surface area contributed by atoms with E-state index in [1.807, 2.05) is 5.38 Å². The highest BCUT2D eigenvalue weighted by Gasteiger charge is 2.17. The first kappa shape index (κ1) is 22.3. The molecule has 11 nitrogen and oxygen atoms in total. The van der Waals surface area contributed by atoms with Crippen molar-refractivity contribution in [1.82, 2.24) is 19.9 Å². The molecule has 0 fully saturated rings. The van der Waals surface area contributed by atoms with Gasteiger partial charge in [-0.15, -0.1) is 11.3 Å². The lowest BCUT2D eigenvalue weighted by Gasteiger charge is -2.10. The van der Waals surface area contributed by atoms with E-state index >= 15 is 0 Å². The van der Waals surface area contributed by atoms with Gasteiger partial charge in [0.2, 0.25) is 5.95 Å². The maximum Gasteiger partial charge on any atom is 0.270 e. The Labute approximate surface area is 202 Å². The number of thiophene rings is 1. The van der Waals surface area contributed by atoms with Crippen LogP contribution in [0.15, 0.2) is 83.6 Å². The Bertz CT molecular complexity index is 1640. The Morgan fingerprint density at radius 2 is 1.71 bits per heavy atom. The van der Waals surface area contributed by atoms with Crippen molar-refractivity contribution in [2.75, 3.05) is 10.0 Å². The van der Waals surface area contributed by atoms with Gasteiger partial charge in [-0.3, -0.25) is 10.1 Å². The number of hydrogen-bond acceptors (Lipinski definition) is 10. The summed E-state index contributed by atoms with van der Waals surface area (Å²) in [5.74, 6) is 0.466. The van der Waals surface area contributed by atoms with Crippen LogP contribution < -0.4 is 10.0 Å². The maximum absolute atomic E-state index is 12.6. The molecule has 0 saturated heterocycles. The van der Waals surface area contributed by atoms with E-state index in [4.69, 9.17) is 0 Å². The molecule has 0 radical (unpaired) electrons. The van der Waals surface area contributed by atoms with Crippen LogP contribution in [0.25, 0.3) is 21.3 Å². The standard InChI is InChI=1S/C22H15N7O4S2/c30-29(31)16-4-1-3-14(11-16)18-12-34-21-19(18)20(25-13-26-21)27-15-5-7-17(8-6-15)35(32,33)28-22-23-9-2-10-24-22/h1-13H,(H,23,24,28)(H,25,26,27). The van der Waals surface area contributed by atoms with Crippen LogP contribution in [-0.2, 0) is 10.0 Å². The molecule has 2 N–H and O–H groups in total. The molecule has 3 heterocycles. The van der Waals surface area contributed by atoms with Crippen LogP contribution in [0.3, 0.4) is 0 Å². The first-order valence-electron chi connectivity index (χ1n) is 10.0. The number of non-ortho nitro benzene ring substituents is 1. The van der Waals surface area contributed by atoms with Crippen LogP contribution in [-0.4, -0.2) is 33.3 Å². The van der Waals surface area contributed by atoms with Gasteiger partial charge in [0.15, 0.2) is 0 Å². The SMILES string of the molecule is O=[N+]([O-])c1cccc(-c2csc3ncnc(Nc4ccc(S(=O)(=O)Nc5ncccn5)cc4)c23)c1. The van der Waals surface area contributed by atoms with Crippen LogP contribution >= 0.6 is 11.3 Å². The Morgan fingerprint density at radius 3 is 2.46 bits per heavy atom. The molecule has 2 aromatic carbocycles. The molecule has 0 saturated carbocycles. The number of rotatable bonds is 7. The molecule has 0 aliphatic rings. The van der Waals surface area contributed by atoms with E-state index in [2.05, 4.69) is 30.0 Å². The van der Waals surface area contributed by atoms with E-state index in [0.717, 1.165) is 5.56 Å². The molecule has 0 unspecified atom stereocenters. The number of benzene rings is 2. The molecule has 0 aliphatic heterocycles. The second-order valence-corrected chi connectivity index (χ2v) is 9.73. The van der Waals surface area contributed by atoms with Gasteiger partial charge in [-0.25, -0.2) is 33.1 Å². The highest BCUT2D eigenvalue weighted by atomic mass is 32.2. The summed E-state index contributed by atoms with van der Waals surface area (Å²) in [6.45, 7) is 0. The number of nitro groups is 1. The summed E-state index contributed by atoms with van der Waals surface area (Å²) in [5.41, 5.74) is 2.00. The van der Waals surface area contributed by atoms with Crippen molar-refractivity contribution in [3.05, 3.63) is 88.8 Å². The number of hydrogen-bond donors (Lipinski definition) is 2. The molecule has 5 rings (SSSR count). The van der Waals surface area contributed by atoms with Gasteiger partial charge in [0.25, 0.3) is 15.7 Å². The quantitative estimate of drug-likeness (QED) is 0.239. The Morgan fingerprint density at radius 1 is 0.943 bits per heavy atom. The van der Waals surface area contributed by atoms with Crippen LogP contribution in [0.5, 0.6) is 0 Å². The molecule has 13 heteroatoms. The minimum absolute atomic E-state index is 0.0143. The second-order valence-electron chi connectivity index (χ2n) is 7.19. The number of nitrogens with one attached hydrogen (secondary N) is 2. The zero-order chi connectivity index (χ0) is 24.4. The summed E-state index contributed by atoms with van der Waals surface area (Å²) < 4.78 is 27.5. The normalized spacial score (nSPS) is 11.3. The third-order valence-electron chi connectivity index (χ3n) is 4.96. The molecular weight excluding hydrogens is 490 g/mol. The molecule has 174 valence electrons. The van der Waals surface area contributed by atoms with Crippen molar-refractivity contribution >= 4 is 54.7 Å². The lowest BCUT2D eigenvalue weighted by Crippen LogP contribution is -2.14. The monoisotopic (exact) mass is 505 g/mol. The minimum Gasteiger partial charge on any atom is -0.340 e. The number of nitro benzene ring substituents is 1. The van der Waals surface area contributed by atoms with Crippen molar-refractivity contribution in [3.63, 3.8) is 0 Å². The van der Waals surface area contributed by atoms with Gasteiger partial charge in [-0.2, -0.15) is 0 Å². The summed E-state index contributed by atoms with van der Waals surface area (Å²) in [6.07, 6.45) is 4.29. The highest BCUT2D eigenvalue weighted by molar-refractivity contribution is 7.92. The van der Waals surface area contributed by atoms with Crippen molar-refractivity contribution in [2.45, 2.75) is 4.90 Å². The van der Waals surface area contributed by atoms with E-state index in [1.54, 1.807) is 30.3 Å². The van der Waals surface area contributed by atoms with Gasteiger partial charge >= 0.3 is 0 Å². The first-order chi connectivity index (χ1) is 16.9.